The third kappa shape index (κ3) is 8.62. The lowest BCUT2D eigenvalue weighted by molar-refractivity contribution is -0.141. The fourth-order valence-corrected chi connectivity index (χ4v) is 9.64. The van der Waals surface area contributed by atoms with E-state index in [9.17, 15) is 45.6 Å². The molecule has 0 radical (unpaired) electrons. The van der Waals surface area contributed by atoms with E-state index in [1.807, 2.05) is 10.8 Å². The van der Waals surface area contributed by atoms with Gasteiger partial charge in [-0.05, 0) is 63.0 Å². The van der Waals surface area contributed by atoms with E-state index in [4.69, 9.17) is 9.47 Å². The van der Waals surface area contributed by atoms with Gasteiger partial charge in [-0.15, -0.1) is 0 Å². The Bertz CT molecular complexity index is 1880. The van der Waals surface area contributed by atoms with Crippen molar-refractivity contribution in [3.63, 3.8) is 0 Å². The minimum atomic E-state index is -4.71. The Labute approximate surface area is 322 Å². The number of amides is 5. The summed E-state index contributed by atoms with van der Waals surface area (Å²) in [5.74, 6) is -6.97. The van der Waals surface area contributed by atoms with Crippen molar-refractivity contribution in [3.05, 3.63) is 47.3 Å². The van der Waals surface area contributed by atoms with Gasteiger partial charge in [-0.2, -0.15) is 12.7 Å². The van der Waals surface area contributed by atoms with Crippen molar-refractivity contribution in [2.45, 2.75) is 126 Å². The fraction of sp³-hybridized carbons (Fsp3) is 0.649. The molecule has 19 heteroatoms. The predicted molar refractivity (Wildman–Crippen MR) is 191 cm³/mol. The topological polar surface area (TPSA) is 184 Å². The molecule has 4 heterocycles. The molecule has 7 rings (SSSR count). The normalized spacial score (nSPS) is 30.3. The summed E-state index contributed by atoms with van der Waals surface area (Å²) >= 11 is 0. The molecule has 0 unspecified atom stereocenters. The lowest BCUT2D eigenvalue weighted by Gasteiger charge is -2.30. The maximum atomic E-state index is 14.5. The van der Waals surface area contributed by atoms with Crippen LogP contribution in [-0.2, 0) is 47.2 Å². The van der Waals surface area contributed by atoms with Crippen molar-refractivity contribution < 1.29 is 55.0 Å². The molecule has 5 atom stereocenters. The van der Waals surface area contributed by atoms with Gasteiger partial charge in [0, 0.05) is 37.4 Å². The zero-order chi connectivity index (χ0) is 39.8. The van der Waals surface area contributed by atoms with E-state index >= 15 is 0 Å². The number of carbonyl (C=O) groups is 5. The second-order valence-corrected chi connectivity index (χ2v) is 17.4. The number of allylic oxidation sites excluding steroid dienone is 1. The quantitative estimate of drug-likeness (QED) is 0.363. The van der Waals surface area contributed by atoms with Gasteiger partial charge in [-0.3, -0.25) is 19.3 Å². The highest BCUT2D eigenvalue weighted by atomic mass is 32.2. The first kappa shape index (κ1) is 39.8. The second kappa shape index (κ2) is 15.9. The van der Waals surface area contributed by atoms with Gasteiger partial charge in [0.25, 0.3) is 11.8 Å². The van der Waals surface area contributed by atoms with E-state index in [-0.39, 0.29) is 45.0 Å². The van der Waals surface area contributed by atoms with Gasteiger partial charge < -0.3 is 25.0 Å². The Kier molecular flexibility index (Phi) is 11.3. The Hall–Kier alpha value is -4.39. The van der Waals surface area contributed by atoms with Gasteiger partial charge in [-0.25, -0.2) is 27.5 Å². The summed E-state index contributed by atoms with van der Waals surface area (Å²) in [5.41, 5.74) is -0.819. The van der Waals surface area contributed by atoms with Crippen LogP contribution in [0.3, 0.4) is 0 Å². The van der Waals surface area contributed by atoms with E-state index in [1.165, 1.54) is 21.9 Å². The maximum Gasteiger partial charge on any atom is 0.410 e. The molecule has 3 N–H and O–H groups in total. The summed E-state index contributed by atoms with van der Waals surface area (Å²) in [6.45, 7) is -1.81. The van der Waals surface area contributed by atoms with Crippen molar-refractivity contribution in [1.29, 1.82) is 0 Å². The third-order valence-electron chi connectivity index (χ3n) is 11.7. The van der Waals surface area contributed by atoms with Gasteiger partial charge in [0.05, 0.1) is 19.6 Å². The average Bonchev–Trinajstić information content (AvgIpc) is 3.70. The number of hydrogen-bond acceptors (Lipinski definition) is 9. The monoisotopic (exact) mass is 808 g/mol. The number of nitrogens with one attached hydrogen (secondary N) is 3. The molecular formula is C37H47F3N6O9S. The molecule has 0 bridgehead atoms. The standard InChI is InChI=1S/C37H47F3N6O9S/c38-28-13-8-9-23-19-44(21-27(23)28)35(51)55-26-17-30-31(47)42-37(33(49)43-56(52,53)45-16-15-36(39,40)22-45)18-24(37)10-4-2-1-3-5-14-29(32(48)46(30)20-26)41-34(50)54-25-11-6-7-12-25/h4,8-10,13,24-26,29-30H,1-3,5-7,11-12,14-22H2,(H,41,50)(H,42,47)(H,43,49)/b10-4-/t24-,26-,29+,30+,37-/m1/s1. The molecule has 56 heavy (non-hydrogen) atoms. The van der Waals surface area contributed by atoms with Crippen LogP contribution in [0.5, 0.6) is 0 Å². The zero-order valence-electron chi connectivity index (χ0n) is 30.9. The van der Waals surface area contributed by atoms with Crippen molar-refractivity contribution in [3.8, 4) is 0 Å². The van der Waals surface area contributed by atoms with Crippen LogP contribution in [0, 0.1) is 11.7 Å². The number of halogens is 3. The van der Waals surface area contributed by atoms with E-state index < -0.39 is 101 Å². The SMILES string of the molecule is O=C(N[C@H]1CCCCC/C=C\[C@@H]2C[C@@]2(C(=O)NS(=O)(=O)N2CCC(F)(F)C2)NC(=O)[C@@H]2C[C@@H](OC(=O)N3Cc4cccc(F)c4C3)CN2C1=O)OC1CCCC1. The number of fused-ring (bicyclic) bond motifs is 3. The number of nitrogens with zero attached hydrogens (tertiary/aromatic N) is 3. The second-order valence-electron chi connectivity index (χ2n) is 15.7. The van der Waals surface area contributed by atoms with Gasteiger partial charge in [0.2, 0.25) is 11.8 Å². The molecule has 4 fully saturated rings. The molecular weight excluding hydrogens is 762 g/mol. The molecule has 0 spiro atoms. The number of alkyl halides is 2. The van der Waals surface area contributed by atoms with Crippen LogP contribution in [-0.4, -0.2) is 108 Å². The molecule has 5 amide bonds. The summed E-state index contributed by atoms with van der Waals surface area (Å²) in [6.07, 6.45) is 5.66. The van der Waals surface area contributed by atoms with Gasteiger partial charge in [0.15, 0.2) is 0 Å². The number of benzene rings is 1. The van der Waals surface area contributed by atoms with Crippen molar-refractivity contribution in [1.82, 2.24) is 29.5 Å². The summed E-state index contributed by atoms with van der Waals surface area (Å²) < 4.78 is 82.2. The van der Waals surface area contributed by atoms with Crippen molar-refractivity contribution in [2.24, 2.45) is 5.92 Å². The van der Waals surface area contributed by atoms with Crippen LogP contribution in [0.15, 0.2) is 30.4 Å². The Morgan fingerprint density at radius 2 is 1.73 bits per heavy atom. The van der Waals surface area contributed by atoms with E-state index in [1.54, 1.807) is 12.1 Å². The third-order valence-corrected chi connectivity index (χ3v) is 13.1. The molecule has 0 aromatic heterocycles. The fourth-order valence-electron chi connectivity index (χ4n) is 8.41. The van der Waals surface area contributed by atoms with Gasteiger partial charge >= 0.3 is 22.4 Å². The number of carbonyl (C=O) groups excluding carboxylic acids is 5. The Morgan fingerprint density at radius 3 is 2.46 bits per heavy atom. The minimum absolute atomic E-state index is 0.00486. The highest BCUT2D eigenvalue weighted by Gasteiger charge is 2.62. The summed E-state index contributed by atoms with van der Waals surface area (Å²) in [6, 6.07) is 2.08. The van der Waals surface area contributed by atoms with E-state index in [0.717, 1.165) is 12.8 Å². The molecule has 2 aliphatic carbocycles. The Balaban J connectivity index is 1.12. The van der Waals surface area contributed by atoms with Gasteiger partial charge in [0.1, 0.15) is 35.6 Å². The molecule has 1 aromatic rings. The smallest absolute Gasteiger partial charge is 0.410 e. The van der Waals surface area contributed by atoms with Crippen LogP contribution in [0.4, 0.5) is 22.8 Å². The number of hydrogen-bond donors (Lipinski definition) is 3. The lowest BCUT2D eigenvalue weighted by Crippen LogP contribution is -2.59. The van der Waals surface area contributed by atoms with Crippen LogP contribution < -0.4 is 15.4 Å². The lowest BCUT2D eigenvalue weighted by atomic mass is 10.0. The molecule has 2 saturated heterocycles. The first-order valence-corrected chi connectivity index (χ1v) is 20.8. The molecule has 1 aromatic carbocycles. The summed E-state index contributed by atoms with van der Waals surface area (Å²) in [7, 11) is -4.71. The minimum Gasteiger partial charge on any atom is -0.446 e. The number of alkyl carbamates (subject to hydrolysis) is 1. The molecule has 306 valence electrons. The van der Waals surface area contributed by atoms with Crippen molar-refractivity contribution in [2.75, 3.05) is 19.6 Å². The van der Waals surface area contributed by atoms with E-state index in [0.29, 0.717) is 54.0 Å². The Morgan fingerprint density at radius 1 is 0.964 bits per heavy atom. The van der Waals surface area contributed by atoms with Crippen LogP contribution in [0.2, 0.25) is 0 Å². The summed E-state index contributed by atoms with van der Waals surface area (Å²) in [4.78, 5) is 71.4. The van der Waals surface area contributed by atoms with E-state index in [2.05, 4.69) is 10.6 Å². The van der Waals surface area contributed by atoms with Gasteiger partial charge in [-0.1, -0.05) is 37.1 Å². The number of ether oxygens (including phenoxy) is 2. The first-order chi connectivity index (χ1) is 26.6. The maximum absolute atomic E-state index is 14.5. The van der Waals surface area contributed by atoms with Crippen LogP contribution >= 0.6 is 0 Å². The zero-order valence-corrected chi connectivity index (χ0v) is 31.7. The predicted octanol–water partition coefficient (Wildman–Crippen LogP) is 3.38. The van der Waals surface area contributed by atoms with Crippen LogP contribution in [0.25, 0.3) is 0 Å². The average molecular weight is 809 g/mol. The highest BCUT2D eigenvalue weighted by molar-refractivity contribution is 7.87. The van der Waals surface area contributed by atoms with Crippen LogP contribution in [0.1, 0.15) is 88.2 Å². The molecule has 2 saturated carbocycles. The highest BCUT2D eigenvalue weighted by Crippen LogP contribution is 2.46. The molecule has 6 aliphatic rings. The first-order valence-electron chi connectivity index (χ1n) is 19.3. The number of rotatable bonds is 6. The molecule has 4 aliphatic heterocycles. The molecule has 15 nitrogen and oxygen atoms in total. The largest absolute Gasteiger partial charge is 0.446 e. The van der Waals surface area contributed by atoms with Crippen molar-refractivity contribution >= 4 is 40.1 Å². The summed E-state index contributed by atoms with van der Waals surface area (Å²) in [5, 5.41) is 5.37.